The Kier molecular flexibility index (Phi) is 3.45. The van der Waals surface area contributed by atoms with Crippen molar-refractivity contribution < 1.29 is 9.53 Å². The molecule has 0 radical (unpaired) electrons. The molecule has 2 aromatic rings. The van der Waals surface area contributed by atoms with E-state index in [9.17, 15) is 4.79 Å². The fraction of sp³-hybridized carbons (Fsp3) is 0.222. The third-order valence-electron chi connectivity index (χ3n) is 3.82. The number of para-hydroxylation sites is 1. The minimum absolute atomic E-state index is 0.162. The van der Waals surface area contributed by atoms with Gasteiger partial charge in [-0.3, -0.25) is 9.69 Å². The highest BCUT2D eigenvalue weighted by atomic mass is 16.5. The van der Waals surface area contributed by atoms with Crippen molar-refractivity contribution in [3.63, 3.8) is 0 Å². The molecule has 0 fully saturated rings. The van der Waals surface area contributed by atoms with Gasteiger partial charge in [0.2, 0.25) is 0 Å². The maximum atomic E-state index is 12.8. The molecule has 1 amide bonds. The van der Waals surface area contributed by atoms with Gasteiger partial charge >= 0.3 is 0 Å². The number of benzene rings is 2. The standard InChI is InChI=1S/C18H17N3O2/c1-18(2)17(22)21(11-13-6-3-5-12(9-13)10-19)16-14(20)7-4-8-15(16)23-18/h3-9H,11,20H2,1-2H3. The Balaban J connectivity index is 2.06. The number of nitriles is 1. The Bertz CT molecular complexity index is 821. The summed E-state index contributed by atoms with van der Waals surface area (Å²) < 4.78 is 5.80. The second kappa shape index (κ2) is 5.33. The number of nitrogen functional groups attached to an aromatic ring is 1. The molecule has 0 atom stereocenters. The van der Waals surface area contributed by atoms with E-state index in [0.29, 0.717) is 29.2 Å². The summed E-state index contributed by atoms with van der Waals surface area (Å²) in [6, 6.07) is 14.7. The van der Waals surface area contributed by atoms with Gasteiger partial charge in [-0.25, -0.2) is 0 Å². The van der Waals surface area contributed by atoms with Crippen LogP contribution >= 0.6 is 0 Å². The first-order valence-electron chi connectivity index (χ1n) is 7.31. The highest BCUT2D eigenvalue weighted by molar-refractivity contribution is 6.04. The number of rotatable bonds is 2. The van der Waals surface area contributed by atoms with Crippen LogP contribution in [0.15, 0.2) is 42.5 Å². The fourth-order valence-corrected chi connectivity index (χ4v) is 2.73. The van der Waals surface area contributed by atoms with Gasteiger partial charge in [-0.15, -0.1) is 0 Å². The number of ether oxygens (including phenoxy) is 1. The quantitative estimate of drug-likeness (QED) is 0.865. The summed E-state index contributed by atoms with van der Waals surface area (Å²) in [4.78, 5) is 14.4. The molecule has 116 valence electrons. The summed E-state index contributed by atoms with van der Waals surface area (Å²) >= 11 is 0. The molecule has 5 heteroatoms. The largest absolute Gasteiger partial charge is 0.476 e. The normalized spacial score (nSPS) is 15.5. The van der Waals surface area contributed by atoms with Crippen molar-refractivity contribution >= 4 is 17.3 Å². The molecule has 0 saturated carbocycles. The third-order valence-corrected chi connectivity index (χ3v) is 3.82. The van der Waals surface area contributed by atoms with Crippen molar-refractivity contribution in [1.29, 1.82) is 5.26 Å². The van der Waals surface area contributed by atoms with Crippen LogP contribution in [0.4, 0.5) is 11.4 Å². The van der Waals surface area contributed by atoms with E-state index in [1.165, 1.54) is 0 Å². The second-order valence-electron chi connectivity index (χ2n) is 6.01. The van der Waals surface area contributed by atoms with E-state index in [0.717, 1.165) is 5.56 Å². The van der Waals surface area contributed by atoms with Gasteiger partial charge < -0.3 is 10.5 Å². The summed E-state index contributed by atoms with van der Waals surface area (Å²) in [7, 11) is 0. The highest BCUT2D eigenvalue weighted by Crippen LogP contribution is 2.42. The van der Waals surface area contributed by atoms with E-state index >= 15 is 0 Å². The Morgan fingerprint density at radius 2 is 2.00 bits per heavy atom. The van der Waals surface area contributed by atoms with Crippen LogP contribution in [0.1, 0.15) is 25.0 Å². The average Bonchev–Trinajstić information content (AvgIpc) is 2.52. The SMILES string of the molecule is CC1(C)Oc2cccc(N)c2N(Cc2cccc(C#N)c2)C1=O. The lowest BCUT2D eigenvalue weighted by atomic mass is 10.0. The lowest BCUT2D eigenvalue weighted by Crippen LogP contribution is -2.52. The minimum Gasteiger partial charge on any atom is -0.476 e. The first-order chi connectivity index (χ1) is 10.9. The zero-order chi connectivity index (χ0) is 16.6. The first kappa shape index (κ1) is 14.9. The molecule has 0 unspecified atom stereocenters. The smallest absolute Gasteiger partial charge is 0.271 e. The van der Waals surface area contributed by atoms with Crippen LogP contribution in [0.2, 0.25) is 0 Å². The van der Waals surface area contributed by atoms with Gasteiger partial charge in [-0.2, -0.15) is 5.26 Å². The minimum atomic E-state index is -0.965. The summed E-state index contributed by atoms with van der Waals surface area (Å²) in [6.45, 7) is 3.81. The van der Waals surface area contributed by atoms with E-state index in [4.69, 9.17) is 15.7 Å². The molecule has 1 heterocycles. The molecular weight excluding hydrogens is 290 g/mol. The summed E-state index contributed by atoms with van der Waals surface area (Å²) in [5.41, 5.74) is 7.60. The molecule has 23 heavy (non-hydrogen) atoms. The van der Waals surface area contributed by atoms with Crippen LogP contribution in [0, 0.1) is 11.3 Å². The summed E-state index contributed by atoms with van der Waals surface area (Å²) in [5.74, 6) is 0.427. The molecule has 2 N–H and O–H groups in total. The zero-order valence-electron chi connectivity index (χ0n) is 13.0. The number of nitrogens with zero attached hydrogens (tertiary/aromatic N) is 2. The molecule has 0 aromatic heterocycles. The number of hydrogen-bond acceptors (Lipinski definition) is 4. The maximum Gasteiger partial charge on any atom is 0.271 e. The van der Waals surface area contributed by atoms with Gasteiger partial charge in [-0.05, 0) is 43.7 Å². The maximum absolute atomic E-state index is 12.8. The molecule has 1 aliphatic heterocycles. The predicted octanol–water partition coefficient (Wildman–Crippen LogP) is 2.84. The van der Waals surface area contributed by atoms with Crippen LogP contribution in [0.5, 0.6) is 5.75 Å². The van der Waals surface area contributed by atoms with E-state index in [1.54, 1.807) is 55.1 Å². The number of carbonyl (C=O) groups is 1. The number of nitrogens with two attached hydrogens (primary N) is 1. The van der Waals surface area contributed by atoms with Crippen molar-refractivity contribution in [3.8, 4) is 11.8 Å². The van der Waals surface area contributed by atoms with Gasteiger partial charge in [0, 0.05) is 0 Å². The predicted molar refractivity (Wildman–Crippen MR) is 87.9 cm³/mol. The molecule has 3 rings (SSSR count). The number of hydrogen-bond donors (Lipinski definition) is 1. The van der Waals surface area contributed by atoms with E-state index < -0.39 is 5.60 Å². The monoisotopic (exact) mass is 307 g/mol. The fourth-order valence-electron chi connectivity index (χ4n) is 2.73. The van der Waals surface area contributed by atoms with Gasteiger partial charge in [0.05, 0.1) is 23.9 Å². The van der Waals surface area contributed by atoms with Crippen LogP contribution in [0.3, 0.4) is 0 Å². The molecule has 2 aromatic carbocycles. The van der Waals surface area contributed by atoms with Crippen LogP contribution in [-0.2, 0) is 11.3 Å². The van der Waals surface area contributed by atoms with Gasteiger partial charge in [0.1, 0.15) is 11.4 Å². The molecule has 0 spiro atoms. The first-order valence-corrected chi connectivity index (χ1v) is 7.31. The van der Waals surface area contributed by atoms with E-state index in [1.807, 2.05) is 6.07 Å². The van der Waals surface area contributed by atoms with Crippen LogP contribution < -0.4 is 15.4 Å². The Labute approximate surface area is 134 Å². The van der Waals surface area contributed by atoms with Crippen molar-refractivity contribution in [2.75, 3.05) is 10.6 Å². The lowest BCUT2D eigenvalue weighted by molar-refractivity contribution is -0.132. The molecule has 5 nitrogen and oxygen atoms in total. The van der Waals surface area contributed by atoms with Crippen molar-refractivity contribution in [3.05, 3.63) is 53.6 Å². The van der Waals surface area contributed by atoms with E-state index in [2.05, 4.69) is 6.07 Å². The van der Waals surface area contributed by atoms with Crippen LogP contribution in [0.25, 0.3) is 0 Å². The number of fused-ring (bicyclic) bond motifs is 1. The van der Waals surface area contributed by atoms with Crippen molar-refractivity contribution in [2.45, 2.75) is 26.0 Å². The van der Waals surface area contributed by atoms with Crippen molar-refractivity contribution in [1.82, 2.24) is 0 Å². The van der Waals surface area contributed by atoms with Crippen molar-refractivity contribution in [2.24, 2.45) is 0 Å². The summed E-state index contributed by atoms with van der Waals surface area (Å²) in [5, 5.41) is 9.03. The Morgan fingerprint density at radius 1 is 1.26 bits per heavy atom. The van der Waals surface area contributed by atoms with Gasteiger partial charge in [0.15, 0.2) is 5.60 Å². The van der Waals surface area contributed by atoms with Crippen LogP contribution in [-0.4, -0.2) is 11.5 Å². The molecule has 0 saturated heterocycles. The number of anilines is 2. The second-order valence-corrected chi connectivity index (χ2v) is 6.01. The highest BCUT2D eigenvalue weighted by Gasteiger charge is 2.41. The molecular formula is C18H17N3O2. The van der Waals surface area contributed by atoms with Gasteiger partial charge in [-0.1, -0.05) is 18.2 Å². The molecule has 0 aliphatic carbocycles. The van der Waals surface area contributed by atoms with Gasteiger partial charge in [0.25, 0.3) is 5.91 Å². The Morgan fingerprint density at radius 3 is 2.74 bits per heavy atom. The average molecular weight is 307 g/mol. The molecule has 0 bridgehead atoms. The zero-order valence-corrected chi connectivity index (χ0v) is 13.0. The number of carbonyl (C=O) groups excluding carboxylic acids is 1. The summed E-state index contributed by atoms with van der Waals surface area (Å²) in [6.07, 6.45) is 0. The lowest BCUT2D eigenvalue weighted by Gasteiger charge is -2.39. The molecule has 1 aliphatic rings. The Hall–Kier alpha value is -3.00. The number of amides is 1. The topological polar surface area (TPSA) is 79.3 Å². The third kappa shape index (κ3) is 2.59. The van der Waals surface area contributed by atoms with E-state index in [-0.39, 0.29) is 5.91 Å².